The number of nitrogens with two attached hydrogens (primary N) is 1. The standard InChI is InChI=1S/C29H32FN3O3/c1-3-32(4-2)24-16-10-20(11-17-24)19-36-29(35)25-9-5-7-21-8-6-18-33(26(21)25)27(28(31)34)22-12-14-23(30)15-13-22/h5,7,9-17,27H,3-4,6,8,18-19H2,1-2H3,(H2,31,34). The molecule has 1 aliphatic heterocycles. The number of anilines is 2. The van der Waals surface area contributed by atoms with Crippen LogP contribution in [0.5, 0.6) is 0 Å². The first kappa shape index (κ1) is 25.2. The van der Waals surface area contributed by atoms with Gasteiger partial charge in [-0.25, -0.2) is 9.18 Å². The van der Waals surface area contributed by atoms with Gasteiger partial charge in [0.2, 0.25) is 5.91 Å². The number of amides is 1. The van der Waals surface area contributed by atoms with Crippen molar-refractivity contribution in [3.63, 3.8) is 0 Å². The van der Waals surface area contributed by atoms with Crippen molar-refractivity contribution in [2.75, 3.05) is 29.4 Å². The molecule has 3 aromatic carbocycles. The molecule has 1 heterocycles. The Morgan fingerprint density at radius 3 is 2.36 bits per heavy atom. The van der Waals surface area contributed by atoms with Crippen molar-refractivity contribution in [1.29, 1.82) is 0 Å². The monoisotopic (exact) mass is 489 g/mol. The summed E-state index contributed by atoms with van der Waals surface area (Å²) < 4.78 is 19.2. The molecule has 4 rings (SSSR count). The zero-order valence-electron chi connectivity index (χ0n) is 20.7. The number of nitrogens with zero attached hydrogens (tertiary/aromatic N) is 2. The maximum atomic E-state index is 13.5. The molecule has 0 fully saturated rings. The van der Waals surface area contributed by atoms with Gasteiger partial charge in [0.05, 0.1) is 11.3 Å². The predicted octanol–water partition coefficient (Wildman–Crippen LogP) is 5.01. The van der Waals surface area contributed by atoms with Crippen molar-refractivity contribution in [3.8, 4) is 0 Å². The molecule has 0 saturated carbocycles. The van der Waals surface area contributed by atoms with Gasteiger partial charge in [0, 0.05) is 25.3 Å². The summed E-state index contributed by atoms with van der Waals surface area (Å²) in [6.45, 7) is 6.74. The Bertz CT molecular complexity index is 1210. The summed E-state index contributed by atoms with van der Waals surface area (Å²) in [6.07, 6.45) is 1.57. The predicted molar refractivity (Wildman–Crippen MR) is 140 cm³/mol. The maximum Gasteiger partial charge on any atom is 0.340 e. The topological polar surface area (TPSA) is 75.9 Å². The third kappa shape index (κ3) is 5.35. The molecule has 0 aromatic heterocycles. The molecule has 1 unspecified atom stereocenters. The Hall–Kier alpha value is -3.87. The minimum absolute atomic E-state index is 0.137. The SMILES string of the molecule is CCN(CC)c1ccc(COC(=O)c2cccc3c2N(C(C(N)=O)c2ccc(F)cc2)CCC3)cc1. The first-order chi connectivity index (χ1) is 17.4. The lowest BCUT2D eigenvalue weighted by atomic mass is 9.93. The minimum atomic E-state index is -0.828. The fraction of sp³-hybridized carbons (Fsp3) is 0.310. The molecule has 0 spiro atoms. The van der Waals surface area contributed by atoms with Gasteiger partial charge < -0.3 is 20.3 Å². The maximum absolute atomic E-state index is 13.5. The van der Waals surface area contributed by atoms with E-state index in [2.05, 4.69) is 18.7 Å². The highest BCUT2D eigenvalue weighted by molar-refractivity contribution is 5.98. The fourth-order valence-electron chi connectivity index (χ4n) is 4.87. The second kappa shape index (κ2) is 11.2. The Balaban J connectivity index is 1.58. The van der Waals surface area contributed by atoms with Crippen LogP contribution < -0.4 is 15.5 Å². The van der Waals surface area contributed by atoms with Crippen LogP contribution in [0.2, 0.25) is 0 Å². The van der Waals surface area contributed by atoms with Gasteiger partial charge in [-0.1, -0.05) is 36.4 Å². The van der Waals surface area contributed by atoms with Crippen LogP contribution in [0, 0.1) is 5.82 Å². The van der Waals surface area contributed by atoms with E-state index in [4.69, 9.17) is 10.5 Å². The van der Waals surface area contributed by atoms with Crippen molar-refractivity contribution in [1.82, 2.24) is 0 Å². The lowest BCUT2D eigenvalue weighted by molar-refractivity contribution is -0.119. The number of para-hydroxylation sites is 1. The molecule has 188 valence electrons. The average Bonchev–Trinajstić information content (AvgIpc) is 2.89. The van der Waals surface area contributed by atoms with Gasteiger partial charge in [0.15, 0.2) is 0 Å². The van der Waals surface area contributed by atoms with Crippen molar-refractivity contribution in [2.24, 2.45) is 5.73 Å². The highest BCUT2D eigenvalue weighted by Crippen LogP contribution is 2.37. The molecule has 3 aromatic rings. The number of fused-ring (bicyclic) bond motifs is 1. The van der Waals surface area contributed by atoms with Gasteiger partial charge in [0.25, 0.3) is 0 Å². The lowest BCUT2D eigenvalue weighted by Gasteiger charge is -2.37. The third-order valence-corrected chi connectivity index (χ3v) is 6.67. The number of carbonyl (C=O) groups excluding carboxylic acids is 2. The summed E-state index contributed by atoms with van der Waals surface area (Å²) in [5, 5.41) is 0. The van der Waals surface area contributed by atoms with E-state index in [1.807, 2.05) is 41.3 Å². The number of esters is 1. The molecule has 1 atom stereocenters. The minimum Gasteiger partial charge on any atom is -0.457 e. The lowest BCUT2D eigenvalue weighted by Crippen LogP contribution is -2.41. The summed E-state index contributed by atoms with van der Waals surface area (Å²) in [7, 11) is 0. The number of rotatable bonds is 9. The van der Waals surface area contributed by atoms with Crippen molar-refractivity contribution < 1.29 is 18.7 Å². The molecule has 0 radical (unpaired) electrons. The normalized spacial score (nSPS) is 13.6. The van der Waals surface area contributed by atoms with Crippen LogP contribution in [0.25, 0.3) is 0 Å². The van der Waals surface area contributed by atoms with Crippen LogP contribution in [-0.2, 0) is 22.6 Å². The molecular weight excluding hydrogens is 457 g/mol. The molecule has 0 aliphatic carbocycles. The third-order valence-electron chi connectivity index (χ3n) is 6.67. The fourth-order valence-corrected chi connectivity index (χ4v) is 4.87. The number of carbonyl (C=O) groups is 2. The molecule has 7 heteroatoms. The van der Waals surface area contributed by atoms with E-state index >= 15 is 0 Å². The molecule has 1 aliphatic rings. The van der Waals surface area contributed by atoms with Gasteiger partial charge in [-0.05, 0) is 73.7 Å². The number of benzene rings is 3. The van der Waals surface area contributed by atoms with Crippen LogP contribution in [0.15, 0.2) is 66.7 Å². The van der Waals surface area contributed by atoms with E-state index < -0.39 is 23.7 Å². The zero-order valence-corrected chi connectivity index (χ0v) is 20.7. The van der Waals surface area contributed by atoms with E-state index in [9.17, 15) is 14.0 Å². The highest BCUT2D eigenvalue weighted by atomic mass is 19.1. The number of halogens is 1. The van der Waals surface area contributed by atoms with Crippen LogP contribution in [0.1, 0.15) is 53.4 Å². The summed E-state index contributed by atoms with van der Waals surface area (Å²) in [4.78, 5) is 29.9. The zero-order chi connectivity index (χ0) is 25.7. The van der Waals surface area contributed by atoms with Crippen LogP contribution >= 0.6 is 0 Å². The van der Waals surface area contributed by atoms with Crippen LogP contribution in [0.4, 0.5) is 15.8 Å². The molecule has 1 amide bonds. The summed E-state index contributed by atoms with van der Waals surface area (Å²) in [5.41, 5.74) is 10.4. The van der Waals surface area contributed by atoms with Gasteiger partial charge in [-0.15, -0.1) is 0 Å². The summed E-state index contributed by atoms with van der Waals surface area (Å²) >= 11 is 0. The number of aryl methyl sites for hydroxylation is 1. The van der Waals surface area contributed by atoms with E-state index in [0.717, 1.165) is 42.7 Å². The highest BCUT2D eigenvalue weighted by Gasteiger charge is 2.33. The molecule has 6 nitrogen and oxygen atoms in total. The first-order valence-electron chi connectivity index (χ1n) is 12.4. The second-order valence-electron chi connectivity index (χ2n) is 8.88. The molecule has 36 heavy (non-hydrogen) atoms. The summed E-state index contributed by atoms with van der Waals surface area (Å²) in [5.74, 6) is -1.42. The van der Waals surface area contributed by atoms with Gasteiger partial charge in [-0.2, -0.15) is 0 Å². The largest absolute Gasteiger partial charge is 0.457 e. The number of hydrogen-bond donors (Lipinski definition) is 1. The average molecular weight is 490 g/mol. The molecular formula is C29H32FN3O3. The van der Waals surface area contributed by atoms with Crippen molar-refractivity contribution >= 4 is 23.3 Å². The first-order valence-corrected chi connectivity index (χ1v) is 12.4. The smallest absolute Gasteiger partial charge is 0.340 e. The van der Waals surface area contributed by atoms with Gasteiger partial charge in [-0.3, -0.25) is 4.79 Å². The Morgan fingerprint density at radius 2 is 1.72 bits per heavy atom. The Morgan fingerprint density at radius 1 is 1.03 bits per heavy atom. The van der Waals surface area contributed by atoms with Gasteiger partial charge in [0.1, 0.15) is 18.5 Å². The van der Waals surface area contributed by atoms with Gasteiger partial charge >= 0.3 is 5.97 Å². The van der Waals surface area contributed by atoms with Crippen molar-refractivity contribution in [2.45, 2.75) is 39.3 Å². The Labute approximate surface area is 211 Å². The number of ether oxygens (including phenoxy) is 1. The van der Waals surface area contributed by atoms with E-state index in [0.29, 0.717) is 23.4 Å². The van der Waals surface area contributed by atoms with E-state index in [1.165, 1.54) is 12.1 Å². The quantitative estimate of drug-likeness (QED) is 0.428. The molecule has 2 N–H and O–H groups in total. The van der Waals surface area contributed by atoms with Crippen LogP contribution in [0.3, 0.4) is 0 Å². The van der Waals surface area contributed by atoms with E-state index in [1.54, 1.807) is 18.2 Å². The molecule has 0 bridgehead atoms. The number of primary amides is 1. The van der Waals surface area contributed by atoms with E-state index in [-0.39, 0.29) is 6.61 Å². The summed E-state index contributed by atoms with van der Waals surface area (Å²) in [6, 6.07) is 18.4. The molecule has 0 saturated heterocycles. The van der Waals surface area contributed by atoms with Crippen molar-refractivity contribution in [3.05, 3.63) is 94.8 Å². The Kier molecular flexibility index (Phi) is 7.88. The van der Waals surface area contributed by atoms with Crippen LogP contribution in [-0.4, -0.2) is 31.5 Å². The second-order valence-corrected chi connectivity index (χ2v) is 8.88. The number of hydrogen-bond acceptors (Lipinski definition) is 5.